The molecule has 0 spiro atoms. The highest BCUT2D eigenvalue weighted by Crippen LogP contribution is 2.42. The molecule has 1 aromatic carbocycles. The van der Waals surface area contributed by atoms with Crippen molar-refractivity contribution in [1.82, 2.24) is 5.16 Å². The lowest BCUT2D eigenvalue weighted by Gasteiger charge is -2.09. The second kappa shape index (κ2) is 4.25. The number of nitrogen functional groups attached to an aromatic ring is 1. The van der Waals surface area contributed by atoms with E-state index in [9.17, 15) is 9.50 Å². The van der Waals surface area contributed by atoms with E-state index in [0.29, 0.717) is 0 Å². The van der Waals surface area contributed by atoms with Gasteiger partial charge in [-0.15, -0.1) is 0 Å². The Hall–Kier alpha value is -1.76. The minimum Gasteiger partial charge on any atom is -0.504 e. The number of hydrogen-bond acceptors (Lipinski definition) is 5. The number of rotatable bonds is 2. The molecule has 0 unspecified atom stereocenters. The van der Waals surface area contributed by atoms with Crippen LogP contribution in [0.1, 0.15) is 0 Å². The molecule has 90 valence electrons. The number of phenolic OH excluding ortho intramolecular Hbond substituents is 1. The molecule has 1 aromatic heterocycles. The number of aromatic nitrogens is 1. The Bertz CT molecular complexity index is 571. The molecule has 1 heterocycles. The molecular weight excluding hydrogens is 295 g/mol. The maximum Gasteiger partial charge on any atom is 0.198 e. The van der Waals surface area contributed by atoms with E-state index in [4.69, 9.17) is 15.0 Å². The molecule has 0 fully saturated rings. The highest BCUT2D eigenvalue weighted by Gasteiger charge is 2.20. The van der Waals surface area contributed by atoms with Gasteiger partial charge in [-0.1, -0.05) is 5.16 Å². The number of aromatic hydroxyl groups is 1. The first-order chi connectivity index (χ1) is 8.04. The highest BCUT2D eigenvalue weighted by atomic mass is 79.9. The molecule has 3 N–H and O–H groups in total. The van der Waals surface area contributed by atoms with E-state index in [-0.39, 0.29) is 33.1 Å². The summed E-state index contributed by atoms with van der Waals surface area (Å²) in [7, 11) is 1.25. The van der Waals surface area contributed by atoms with Crippen molar-refractivity contribution in [3.05, 3.63) is 22.4 Å². The summed E-state index contributed by atoms with van der Waals surface area (Å²) in [4.78, 5) is 0. The molecule has 0 amide bonds. The predicted molar refractivity (Wildman–Crippen MR) is 62.2 cm³/mol. The number of hydrogen-bond donors (Lipinski definition) is 2. The van der Waals surface area contributed by atoms with E-state index in [1.165, 1.54) is 19.2 Å². The smallest absolute Gasteiger partial charge is 0.198 e. The lowest BCUT2D eigenvalue weighted by molar-refractivity contribution is 0.349. The number of nitrogens with two attached hydrogens (primary N) is 1. The van der Waals surface area contributed by atoms with E-state index in [1.54, 1.807) is 0 Å². The van der Waals surface area contributed by atoms with Crippen molar-refractivity contribution < 1.29 is 18.8 Å². The van der Waals surface area contributed by atoms with Crippen LogP contribution in [0.25, 0.3) is 11.3 Å². The number of benzene rings is 1. The molecule has 17 heavy (non-hydrogen) atoms. The van der Waals surface area contributed by atoms with Crippen LogP contribution in [0.4, 0.5) is 10.2 Å². The zero-order valence-corrected chi connectivity index (χ0v) is 10.3. The molecule has 5 nitrogen and oxygen atoms in total. The van der Waals surface area contributed by atoms with Crippen LogP contribution in [0.15, 0.2) is 21.1 Å². The van der Waals surface area contributed by atoms with Crippen LogP contribution in [-0.4, -0.2) is 17.4 Å². The summed E-state index contributed by atoms with van der Waals surface area (Å²) in [5, 5.41) is 13.3. The maximum absolute atomic E-state index is 13.6. The molecule has 7 heteroatoms. The van der Waals surface area contributed by atoms with Gasteiger partial charge < -0.3 is 20.1 Å². The van der Waals surface area contributed by atoms with Crippen LogP contribution in [0.5, 0.6) is 11.5 Å². The first-order valence-corrected chi connectivity index (χ1v) is 5.31. The van der Waals surface area contributed by atoms with Crippen LogP contribution in [-0.2, 0) is 0 Å². The average molecular weight is 303 g/mol. The fraction of sp³-hybridized carbons (Fsp3) is 0.100. The Labute approximate surface area is 104 Å². The van der Waals surface area contributed by atoms with Crippen molar-refractivity contribution in [2.45, 2.75) is 0 Å². The van der Waals surface area contributed by atoms with Crippen molar-refractivity contribution >= 4 is 21.7 Å². The van der Waals surface area contributed by atoms with Gasteiger partial charge >= 0.3 is 0 Å². The molecule has 0 aliphatic rings. The van der Waals surface area contributed by atoms with Gasteiger partial charge in [0.05, 0.1) is 17.1 Å². The SMILES string of the molecule is COc1c(O)c(-c2cc(N)no2)cc(Br)c1F. The van der Waals surface area contributed by atoms with E-state index in [1.807, 2.05) is 0 Å². The number of halogens is 2. The van der Waals surface area contributed by atoms with Gasteiger partial charge in [0, 0.05) is 6.07 Å². The summed E-state index contributed by atoms with van der Waals surface area (Å²) in [5.74, 6) is -0.951. The summed E-state index contributed by atoms with van der Waals surface area (Å²) < 4.78 is 23.4. The molecule has 0 radical (unpaired) electrons. The molecular formula is C10H8BrFN2O3. The Morgan fingerprint density at radius 3 is 2.76 bits per heavy atom. The average Bonchev–Trinajstić information content (AvgIpc) is 2.71. The van der Waals surface area contributed by atoms with Crippen LogP contribution < -0.4 is 10.5 Å². The van der Waals surface area contributed by atoms with Crippen molar-refractivity contribution in [2.75, 3.05) is 12.8 Å². The highest BCUT2D eigenvalue weighted by molar-refractivity contribution is 9.10. The summed E-state index contributed by atoms with van der Waals surface area (Å²) >= 11 is 3.02. The normalized spacial score (nSPS) is 10.5. The van der Waals surface area contributed by atoms with Crippen LogP contribution in [0, 0.1) is 5.82 Å². The zero-order valence-electron chi connectivity index (χ0n) is 8.70. The number of ether oxygens (including phenoxy) is 1. The van der Waals surface area contributed by atoms with Gasteiger partial charge in [0.1, 0.15) is 0 Å². The molecule has 2 rings (SSSR count). The van der Waals surface area contributed by atoms with E-state index >= 15 is 0 Å². The van der Waals surface area contributed by atoms with Gasteiger partial charge in [0.25, 0.3) is 0 Å². The number of methoxy groups -OCH3 is 1. The Morgan fingerprint density at radius 1 is 1.53 bits per heavy atom. The number of nitrogens with zero attached hydrogens (tertiary/aromatic N) is 1. The standard InChI is InChI=1S/C10H8BrFN2O3/c1-16-10-8(12)5(11)2-4(9(10)15)6-3-7(13)14-17-6/h2-3,15H,1H3,(H2,13,14). The van der Waals surface area contributed by atoms with Gasteiger partial charge in [-0.25, -0.2) is 4.39 Å². The van der Waals surface area contributed by atoms with Crippen LogP contribution in [0.3, 0.4) is 0 Å². The quantitative estimate of drug-likeness (QED) is 0.891. The van der Waals surface area contributed by atoms with E-state index in [0.717, 1.165) is 0 Å². The third-order valence-corrected chi connectivity index (χ3v) is 2.73. The van der Waals surface area contributed by atoms with Crippen molar-refractivity contribution in [3.63, 3.8) is 0 Å². The second-order valence-corrected chi connectivity index (χ2v) is 4.07. The molecule has 0 bridgehead atoms. The molecule has 0 aliphatic carbocycles. The van der Waals surface area contributed by atoms with Crippen molar-refractivity contribution in [1.29, 1.82) is 0 Å². The fourth-order valence-electron chi connectivity index (χ4n) is 1.38. The molecule has 0 aliphatic heterocycles. The summed E-state index contributed by atoms with van der Waals surface area (Å²) in [5.41, 5.74) is 5.64. The lowest BCUT2D eigenvalue weighted by Crippen LogP contribution is -1.92. The first kappa shape index (κ1) is 11.7. The molecule has 0 saturated carbocycles. The number of phenols is 1. The second-order valence-electron chi connectivity index (χ2n) is 3.22. The Balaban J connectivity index is 2.67. The monoisotopic (exact) mass is 302 g/mol. The van der Waals surface area contributed by atoms with E-state index in [2.05, 4.69) is 21.1 Å². The summed E-state index contributed by atoms with van der Waals surface area (Å²) in [6.07, 6.45) is 0. The van der Waals surface area contributed by atoms with Gasteiger partial charge in [-0.3, -0.25) is 0 Å². The third kappa shape index (κ3) is 1.93. The Morgan fingerprint density at radius 2 is 2.24 bits per heavy atom. The van der Waals surface area contributed by atoms with Gasteiger partial charge in [-0.05, 0) is 22.0 Å². The summed E-state index contributed by atoms with van der Waals surface area (Å²) in [6, 6.07) is 2.77. The number of anilines is 1. The van der Waals surface area contributed by atoms with Crippen LogP contribution in [0.2, 0.25) is 0 Å². The van der Waals surface area contributed by atoms with Crippen LogP contribution >= 0.6 is 15.9 Å². The molecule has 0 saturated heterocycles. The van der Waals surface area contributed by atoms with Gasteiger partial charge in [-0.2, -0.15) is 0 Å². The Kier molecular flexibility index (Phi) is 2.93. The summed E-state index contributed by atoms with van der Waals surface area (Å²) in [6.45, 7) is 0. The lowest BCUT2D eigenvalue weighted by atomic mass is 10.1. The van der Waals surface area contributed by atoms with Crippen molar-refractivity contribution in [2.24, 2.45) is 0 Å². The van der Waals surface area contributed by atoms with Gasteiger partial charge in [0.15, 0.2) is 28.9 Å². The molecule has 0 atom stereocenters. The minimum atomic E-state index is -0.693. The van der Waals surface area contributed by atoms with Crippen molar-refractivity contribution in [3.8, 4) is 22.8 Å². The largest absolute Gasteiger partial charge is 0.504 e. The predicted octanol–water partition coefficient (Wildman–Crippen LogP) is 2.54. The van der Waals surface area contributed by atoms with Gasteiger partial charge in [0.2, 0.25) is 0 Å². The molecule has 2 aromatic rings. The van der Waals surface area contributed by atoms with E-state index < -0.39 is 5.82 Å². The fourth-order valence-corrected chi connectivity index (χ4v) is 1.79. The minimum absolute atomic E-state index is 0.136. The maximum atomic E-state index is 13.6. The third-order valence-electron chi connectivity index (χ3n) is 2.15. The zero-order chi connectivity index (χ0) is 12.6. The topological polar surface area (TPSA) is 81.5 Å². The first-order valence-electron chi connectivity index (χ1n) is 4.52.